The molecule has 2 aliphatic rings. The van der Waals surface area contributed by atoms with Crippen LogP contribution in [0.2, 0.25) is 0 Å². The Kier molecular flexibility index (Phi) is 5.69. The number of nitrogens with one attached hydrogen (secondary N) is 1. The van der Waals surface area contributed by atoms with E-state index in [0.29, 0.717) is 30.8 Å². The van der Waals surface area contributed by atoms with E-state index in [1.807, 2.05) is 24.0 Å². The minimum atomic E-state index is -0.240. The number of hydrogen-bond acceptors (Lipinski definition) is 2. The molecule has 4 nitrogen and oxygen atoms in total. The molecule has 1 heterocycles. The van der Waals surface area contributed by atoms with Crippen molar-refractivity contribution < 1.29 is 9.59 Å². The van der Waals surface area contributed by atoms with Crippen molar-refractivity contribution in [3.63, 3.8) is 0 Å². The first-order chi connectivity index (χ1) is 12.4. The molecule has 4 atom stereocenters. The summed E-state index contributed by atoms with van der Waals surface area (Å²) in [6.45, 7) is 9.23. The van der Waals surface area contributed by atoms with E-state index in [9.17, 15) is 9.59 Å². The van der Waals surface area contributed by atoms with E-state index in [0.717, 1.165) is 29.7 Å². The zero-order valence-corrected chi connectivity index (χ0v) is 16.5. The molecule has 1 saturated carbocycles. The maximum Gasteiger partial charge on any atom is 0.229 e. The Labute approximate surface area is 157 Å². The zero-order valence-electron chi connectivity index (χ0n) is 16.5. The Morgan fingerprint density at radius 2 is 2.04 bits per heavy atom. The number of amides is 2. The third-order valence-electron chi connectivity index (χ3n) is 6.58. The molecule has 0 aromatic heterocycles. The Hall–Kier alpha value is -1.84. The maximum atomic E-state index is 12.9. The summed E-state index contributed by atoms with van der Waals surface area (Å²) in [5.74, 6) is 1.06. The number of likely N-dealkylation sites (tertiary alicyclic amines) is 1. The van der Waals surface area contributed by atoms with Gasteiger partial charge >= 0.3 is 0 Å². The lowest BCUT2D eigenvalue weighted by atomic mass is 9.77. The van der Waals surface area contributed by atoms with Crippen LogP contribution in [-0.2, 0) is 16.0 Å². The summed E-state index contributed by atoms with van der Waals surface area (Å²) in [6.07, 6.45) is 4.72. The predicted octanol–water partition coefficient (Wildman–Crippen LogP) is 4.17. The Bertz CT molecular complexity index is 685. The zero-order chi connectivity index (χ0) is 18.8. The lowest BCUT2D eigenvalue weighted by molar-refractivity contribution is -0.131. The number of carbonyl (C=O) groups excluding carboxylic acids is 2. The third kappa shape index (κ3) is 3.65. The van der Waals surface area contributed by atoms with Crippen molar-refractivity contribution in [2.45, 2.75) is 65.8 Å². The van der Waals surface area contributed by atoms with Crippen molar-refractivity contribution in [3.05, 3.63) is 29.3 Å². The number of benzene rings is 1. The molecule has 0 unspecified atom stereocenters. The monoisotopic (exact) mass is 356 g/mol. The van der Waals surface area contributed by atoms with E-state index < -0.39 is 0 Å². The molecule has 2 fully saturated rings. The summed E-state index contributed by atoms with van der Waals surface area (Å²) >= 11 is 0. The van der Waals surface area contributed by atoms with Crippen LogP contribution in [0.4, 0.5) is 5.69 Å². The van der Waals surface area contributed by atoms with E-state index in [-0.39, 0.29) is 17.7 Å². The lowest BCUT2D eigenvalue weighted by Gasteiger charge is -2.40. The van der Waals surface area contributed by atoms with Crippen molar-refractivity contribution in [1.29, 1.82) is 0 Å². The first-order valence-corrected chi connectivity index (χ1v) is 10.1. The first-order valence-electron chi connectivity index (χ1n) is 10.1. The maximum absolute atomic E-state index is 12.9. The molecule has 1 aromatic carbocycles. The van der Waals surface area contributed by atoms with Crippen molar-refractivity contribution >= 4 is 17.5 Å². The minimum absolute atomic E-state index is 0.0126. The van der Waals surface area contributed by atoms with Crippen molar-refractivity contribution in [3.8, 4) is 0 Å². The van der Waals surface area contributed by atoms with Gasteiger partial charge in [0.1, 0.15) is 0 Å². The summed E-state index contributed by atoms with van der Waals surface area (Å²) in [6, 6.07) is 6.40. The highest BCUT2D eigenvalue weighted by molar-refractivity contribution is 5.98. The fourth-order valence-electron chi connectivity index (χ4n) is 4.65. The van der Waals surface area contributed by atoms with Gasteiger partial charge in [0.25, 0.3) is 0 Å². The molecule has 1 aliphatic heterocycles. The molecule has 0 radical (unpaired) electrons. The molecule has 1 saturated heterocycles. The van der Waals surface area contributed by atoms with Crippen molar-refractivity contribution in [2.24, 2.45) is 17.8 Å². The molecule has 4 heteroatoms. The van der Waals surface area contributed by atoms with Crippen LogP contribution >= 0.6 is 0 Å². The molecule has 0 spiro atoms. The number of nitrogens with zero attached hydrogens (tertiary/aromatic N) is 1. The molecule has 142 valence electrons. The Morgan fingerprint density at radius 1 is 1.27 bits per heavy atom. The minimum Gasteiger partial charge on any atom is -0.339 e. The predicted molar refractivity (Wildman–Crippen MR) is 105 cm³/mol. The van der Waals surface area contributed by atoms with Gasteiger partial charge < -0.3 is 10.2 Å². The van der Waals surface area contributed by atoms with Gasteiger partial charge in [-0.3, -0.25) is 9.59 Å². The SMILES string of the molecule is CCc1cccc(C)c1NC(=O)[C@@H]1CC(=O)N([C@@H]2CCC[C@H](C)[C@@H]2C)C1. The fraction of sp³-hybridized carbons (Fsp3) is 0.636. The van der Waals surface area contributed by atoms with Crippen molar-refractivity contribution in [1.82, 2.24) is 4.90 Å². The van der Waals surface area contributed by atoms with Crippen LogP contribution in [0.15, 0.2) is 18.2 Å². The third-order valence-corrected chi connectivity index (χ3v) is 6.58. The lowest BCUT2D eigenvalue weighted by Crippen LogP contribution is -2.45. The second-order valence-corrected chi connectivity index (χ2v) is 8.23. The molecule has 26 heavy (non-hydrogen) atoms. The molecular weight excluding hydrogens is 324 g/mol. The van der Waals surface area contributed by atoms with Crippen LogP contribution < -0.4 is 5.32 Å². The van der Waals surface area contributed by atoms with Gasteiger partial charge in [-0.1, -0.05) is 51.8 Å². The number of aryl methyl sites for hydroxylation is 2. The van der Waals surface area contributed by atoms with Gasteiger partial charge in [0.2, 0.25) is 11.8 Å². The van der Waals surface area contributed by atoms with Crippen LogP contribution in [0.5, 0.6) is 0 Å². The Morgan fingerprint density at radius 3 is 2.77 bits per heavy atom. The second kappa shape index (κ2) is 7.81. The second-order valence-electron chi connectivity index (χ2n) is 8.23. The summed E-state index contributed by atoms with van der Waals surface area (Å²) in [7, 11) is 0. The first kappa shape index (κ1) is 18.9. The quantitative estimate of drug-likeness (QED) is 0.880. The van der Waals surface area contributed by atoms with Crippen LogP contribution in [0.1, 0.15) is 57.6 Å². The number of rotatable bonds is 4. The fourth-order valence-corrected chi connectivity index (χ4v) is 4.65. The van der Waals surface area contributed by atoms with E-state index in [4.69, 9.17) is 0 Å². The molecule has 0 bridgehead atoms. The molecular formula is C22H32N2O2. The largest absolute Gasteiger partial charge is 0.339 e. The smallest absolute Gasteiger partial charge is 0.229 e. The average molecular weight is 357 g/mol. The highest BCUT2D eigenvalue weighted by Crippen LogP contribution is 2.36. The van der Waals surface area contributed by atoms with E-state index in [1.54, 1.807) is 0 Å². The van der Waals surface area contributed by atoms with Gasteiger partial charge in [0, 0.05) is 24.7 Å². The number of hydrogen-bond donors (Lipinski definition) is 1. The summed E-state index contributed by atoms with van der Waals surface area (Å²) in [4.78, 5) is 27.5. The van der Waals surface area contributed by atoms with Crippen LogP contribution in [0.25, 0.3) is 0 Å². The summed E-state index contributed by atoms with van der Waals surface area (Å²) in [5, 5.41) is 3.12. The normalized spacial score (nSPS) is 29.1. The standard InChI is InChI=1S/C22H32N2O2/c1-5-17-10-6-9-15(3)21(17)23-22(26)18-12-20(25)24(13-18)19-11-7-8-14(2)16(19)4/h6,9-10,14,16,18-19H,5,7-8,11-13H2,1-4H3,(H,23,26)/t14-,16-,18+,19+/m0/s1. The molecule has 3 rings (SSSR count). The van der Waals surface area contributed by atoms with Crippen LogP contribution in [0, 0.1) is 24.7 Å². The van der Waals surface area contributed by atoms with E-state index in [2.05, 4.69) is 32.2 Å². The van der Waals surface area contributed by atoms with Crippen LogP contribution in [0.3, 0.4) is 0 Å². The van der Waals surface area contributed by atoms with Gasteiger partial charge in [-0.05, 0) is 42.7 Å². The van der Waals surface area contributed by atoms with E-state index >= 15 is 0 Å². The number of carbonyl (C=O) groups is 2. The van der Waals surface area contributed by atoms with E-state index in [1.165, 1.54) is 12.8 Å². The van der Waals surface area contributed by atoms with Gasteiger partial charge in [-0.2, -0.15) is 0 Å². The van der Waals surface area contributed by atoms with Crippen LogP contribution in [-0.4, -0.2) is 29.3 Å². The average Bonchev–Trinajstić information content (AvgIpc) is 3.00. The molecule has 1 aliphatic carbocycles. The van der Waals surface area contributed by atoms with Crippen molar-refractivity contribution in [2.75, 3.05) is 11.9 Å². The van der Waals surface area contributed by atoms with Gasteiger partial charge in [0.05, 0.1) is 5.92 Å². The van der Waals surface area contributed by atoms with Gasteiger partial charge in [-0.15, -0.1) is 0 Å². The number of para-hydroxylation sites is 1. The highest BCUT2D eigenvalue weighted by Gasteiger charge is 2.41. The number of anilines is 1. The summed E-state index contributed by atoms with van der Waals surface area (Å²) in [5.41, 5.74) is 3.15. The molecule has 1 aromatic rings. The summed E-state index contributed by atoms with van der Waals surface area (Å²) < 4.78 is 0. The highest BCUT2D eigenvalue weighted by atomic mass is 16.2. The Balaban J connectivity index is 1.70. The van der Waals surface area contributed by atoms with Gasteiger partial charge in [0.15, 0.2) is 0 Å². The molecule has 2 amide bonds. The van der Waals surface area contributed by atoms with Gasteiger partial charge in [-0.25, -0.2) is 0 Å². The molecule has 1 N–H and O–H groups in total. The topological polar surface area (TPSA) is 49.4 Å².